The van der Waals surface area contributed by atoms with Crippen LogP contribution in [-0.2, 0) is 0 Å². The molecule has 1 aromatic rings. The lowest BCUT2D eigenvalue weighted by Gasteiger charge is -2.21. The summed E-state index contributed by atoms with van der Waals surface area (Å²) in [5, 5.41) is 3.64. The van der Waals surface area contributed by atoms with Gasteiger partial charge in [0.1, 0.15) is 5.82 Å². The average molecular weight is 243 g/mol. The lowest BCUT2D eigenvalue weighted by Crippen LogP contribution is -2.29. The van der Waals surface area contributed by atoms with Crippen LogP contribution in [0.3, 0.4) is 0 Å². The lowest BCUT2D eigenvalue weighted by atomic mass is 10.0. The maximum Gasteiger partial charge on any atom is 0.147 e. The van der Waals surface area contributed by atoms with Crippen LogP contribution < -0.4 is 11.1 Å². The molecule has 2 atom stereocenters. The zero-order chi connectivity index (χ0) is 11.5. The second kappa shape index (κ2) is 5.02. The summed E-state index contributed by atoms with van der Waals surface area (Å²) in [7, 11) is 0. The Balaban J connectivity index is 2.08. The molecule has 2 unspecified atom stereocenters. The Labute approximate surface area is 100.0 Å². The summed E-state index contributed by atoms with van der Waals surface area (Å²) in [4.78, 5) is 0. The van der Waals surface area contributed by atoms with Crippen LogP contribution in [-0.4, -0.2) is 12.6 Å². The van der Waals surface area contributed by atoms with E-state index in [1.807, 2.05) is 0 Å². The molecule has 0 aromatic heterocycles. The van der Waals surface area contributed by atoms with E-state index in [9.17, 15) is 4.39 Å². The van der Waals surface area contributed by atoms with Crippen molar-refractivity contribution < 1.29 is 4.39 Å². The smallest absolute Gasteiger partial charge is 0.147 e. The third-order valence-electron chi connectivity index (χ3n) is 3.23. The first-order chi connectivity index (χ1) is 7.70. The summed E-state index contributed by atoms with van der Waals surface area (Å²) in [5.74, 6) is 0.158. The van der Waals surface area contributed by atoms with Gasteiger partial charge in [-0.2, -0.15) is 0 Å². The van der Waals surface area contributed by atoms with Crippen LogP contribution in [0.5, 0.6) is 0 Å². The Hall–Kier alpha value is -0.800. The third kappa shape index (κ3) is 2.47. The fourth-order valence-corrected chi connectivity index (χ4v) is 2.47. The molecule has 1 fully saturated rings. The SMILES string of the molecule is NCC1CCCC1Nc1ccc(Cl)cc1F. The van der Waals surface area contributed by atoms with Crippen molar-refractivity contribution in [3.8, 4) is 0 Å². The molecule has 2 nitrogen and oxygen atoms in total. The molecule has 2 rings (SSSR count). The van der Waals surface area contributed by atoms with Gasteiger partial charge in [0.05, 0.1) is 5.69 Å². The first kappa shape index (κ1) is 11.7. The summed E-state index contributed by atoms with van der Waals surface area (Å²) in [6, 6.07) is 5.00. The molecule has 4 heteroatoms. The standard InChI is InChI=1S/C12H16ClFN2/c13-9-4-5-12(10(14)6-9)16-11-3-1-2-8(11)7-15/h4-6,8,11,16H,1-3,7,15H2. The molecular weight excluding hydrogens is 227 g/mol. The zero-order valence-corrected chi connectivity index (χ0v) is 9.80. The number of halogens is 2. The quantitative estimate of drug-likeness (QED) is 0.855. The average Bonchev–Trinajstić information content (AvgIpc) is 2.69. The van der Waals surface area contributed by atoms with Crippen LogP contribution in [0.25, 0.3) is 0 Å². The fraction of sp³-hybridized carbons (Fsp3) is 0.500. The second-order valence-corrected chi connectivity index (χ2v) is 4.74. The minimum Gasteiger partial charge on any atom is -0.380 e. The summed E-state index contributed by atoms with van der Waals surface area (Å²) in [6.45, 7) is 0.660. The molecule has 0 radical (unpaired) electrons. The maximum absolute atomic E-state index is 13.6. The second-order valence-electron chi connectivity index (χ2n) is 4.30. The monoisotopic (exact) mass is 242 g/mol. The van der Waals surface area contributed by atoms with Crippen LogP contribution in [0.1, 0.15) is 19.3 Å². The minimum atomic E-state index is -0.296. The normalized spacial score (nSPS) is 24.7. The minimum absolute atomic E-state index is 0.292. The van der Waals surface area contributed by atoms with Crippen molar-refractivity contribution >= 4 is 17.3 Å². The van der Waals surface area contributed by atoms with Gasteiger partial charge in [-0.3, -0.25) is 0 Å². The highest BCUT2D eigenvalue weighted by atomic mass is 35.5. The third-order valence-corrected chi connectivity index (χ3v) is 3.47. The van der Waals surface area contributed by atoms with Crippen molar-refractivity contribution in [1.82, 2.24) is 0 Å². The molecule has 88 valence electrons. The van der Waals surface area contributed by atoms with Gasteiger partial charge in [-0.15, -0.1) is 0 Å². The molecule has 1 aromatic carbocycles. The van der Waals surface area contributed by atoms with E-state index in [2.05, 4.69) is 5.32 Å². The highest BCUT2D eigenvalue weighted by molar-refractivity contribution is 6.30. The van der Waals surface area contributed by atoms with Gasteiger partial charge >= 0.3 is 0 Å². The molecule has 0 spiro atoms. The van der Waals surface area contributed by atoms with Gasteiger partial charge in [-0.1, -0.05) is 18.0 Å². The predicted molar refractivity (Wildman–Crippen MR) is 65.2 cm³/mol. The van der Waals surface area contributed by atoms with E-state index in [1.54, 1.807) is 12.1 Å². The summed E-state index contributed by atoms with van der Waals surface area (Å²) in [6.07, 6.45) is 3.35. The number of anilines is 1. The summed E-state index contributed by atoms with van der Waals surface area (Å²) in [5.41, 5.74) is 6.21. The van der Waals surface area contributed by atoms with Crippen molar-refractivity contribution in [2.45, 2.75) is 25.3 Å². The van der Waals surface area contributed by atoms with Gasteiger partial charge in [-0.05, 0) is 43.5 Å². The fourth-order valence-electron chi connectivity index (χ4n) is 2.32. The first-order valence-corrected chi connectivity index (χ1v) is 6.00. The molecule has 1 aliphatic carbocycles. The predicted octanol–water partition coefficient (Wildman–Crippen LogP) is 3.02. The number of hydrogen-bond acceptors (Lipinski definition) is 2. The molecule has 0 saturated heterocycles. The number of rotatable bonds is 3. The van der Waals surface area contributed by atoms with E-state index in [1.165, 1.54) is 6.07 Å². The molecular formula is C12H16ClFN2. The van der Waals surface area contributed by atoms with E-state index in [0.717, 1.165) is 19.3 Å². The highest BCUT2D eigenvalue weighted by Crippen LogP contribution is 2.29. The molecule has 0 amide bonds. The highest BCUT2D eigenvalue weighted by Gasteiger charge is 2.26. The Morgan fingerprint density at radius 2 is 2.25 bits per heavy atom. The van der Waals surface area contributed by atoms with Crippen molar-refractivity contribution in [3.63, 3.8) is 0 Å². The molecule has 0 bridgehead atoms. The molecule has 0 aliphatic heterocycles. The summed E-state index contributed by atoms with van der Waals surface area (Å²) >= 11 is 5.70. The first-order valence-electron chi connectivity index (χ1n) is 5.62. The van der Waals surface area contributed by atoms with E-state index in [0.29, 0.717) is 29.2 Å². The lowest BCUT2D eigenvalue weighted by molar-refractivity contribution is 0.513. The van der Waals surface area contributed by atoms with Crippen LogP contribution >= 0.6 is 11.6 Å². The topological polar surface area (TPSA) is 38.0 Å². The van der Waals surface area contributed by atoms with Crippen LogP contribution in [0, 0.1) is 11.7 Å². The van der Waals surface area contributed by atoms with E-state index >= 15 is 0 Å². The van der Waals surface area contributed by atoms with Gasteiger partial charge in [0.15, 0.2) is 0 Å². The van der Waals surface area contributed by atoms with Crippen molar-refractivity contribution in [3.05, 3.63) is 29.0 Å². The van der Waals surface area contributed by atoms with Crippen LogP contribution in [0.15, 0.2) is 18.2 Å². The molecule has 0 heterocycles. The number of benzene rings is 1. The van der Waals surface area contributed by atoms with Gasteiger partial charge in [-0.25, -0.2) is 4.39 Å². The Morgan fingerprint density at radius 3 is 2.94 bits per heavy atom. The van der Waals surface area contributed by atoms with Crippen molar-refractivity contribution in [2.24, 2.45) is 11.7 Å². The zero-order valence-electron chi connectivity index (χ0n) is 9.05. The van der Waals surface area contributed by atoms with Gasteiger partial charge in [0.2, 0.25) is 0 Å². The van der Waals surface area contributed by atoms with E-state index in [4.69, 9.17) is 17.3 Å². The van der Waals surface area contributed by atoms with Crippen LogP contribution in [0.4, 0.5) is 10.1 Å². The molecule has 16 heavy (non-hydrogen) atoms. The largest absolute Gasteiger partial charge is 0.380 e. The molecule has 3 N–H and O–H groups in total. The van der Waals surface area contributed by atoms with Gasteiger partial charge < -0.3 is 11.1 Å². The molecule has 1 aliphatic rings. The van der Waals surface area contributed by atoms with Crippen molar-refractivity contribution in [2.75, 3.05) is 11.9 Å². The van der Waals surface area contributed by atoms with Crippen molar-refractivity contribution in [1.29, 1.82) is 0 Å². The number of nitrogens with two attached hydrogens (primary N) is 1. The molecule has 1 saturated carbocycles. The Kier molecular flexibility index (Phi) is 3.66. The summed E-state index contributed by atoms with van der Waals surface area (Å²) < 4.78 is 13.6. The van der Waals surface area contributed by atoms with E-state index in [-0.39, 0.29) is 5.82 Å². The Bertz CT molecular complexity index is 370. The number of nitrogens with one attached hydrogen (secondary N) is 1. The van der Waals surface area contributed by atoms with E-state index < -0.39 is 0 Å². The Morgan fingerprint density at radius 1 is 1.44 bits per heavy atom. The van der Waals surface area contributed by atoms with Gasteiger partial charge in [0, 0.05) is 11.1 Å². The maximum atomic E-state index is 13.6. The van der Waals surface area contributed by atoms with Crippen LogP contribution in [0.2, 0.25) is 5.02 Å². The number of hydrogen-bond donors (Lipinski definition) is 2. The van der Waals surface area contributed by atoms with Gasteiger partial charge in [0.25, 0.3) is 0 Å².